The van der Waals surface area contributed by atoms with Crippen LogP contribution in [-0.4, -0.2) is 60.4 Å². The van der Waals surface area contributed by atoms with Crippen LogP contribution in [-0.2, 0) is 0 Å². The van der Waals surface area contributed by atoms with Gasteiger partial charge < -0.3 is 15.7 Å². The second-order valence-corrected chi connectivity index (χ2v) is 4.29. The van der Waals surface area contributed by atoms with E-state index in [4.69, 9.17) is 5.73 Å². The standard InChI is InChI=1S/C9H19N3O/c1-11-3-2-9(13)7-4-12(6-10)5-8(7)11/h7-9,13H,2-6,10H2,1H3. The molecule has 0 saturated carbocycles. The third-order valence-corrected chi connectivity index (χ3v) is 3.50. The summed E-state index contributed by atoms with van der Waals surface area (Å²) in [5.74, 6) is 0.419. The first-order chi connectivity index (χ1) is 6.22. The zero-order chi connectivity index (χ0) is 9.42. The highest BCUT2D eigenvalue weighted by Gasteiger charge is 2.41. The first-order valence-corrected chi connectivity index (χ1v) is 5.03. The zero-order valence-electron chi connectivity index (χ0n) is 8.19. The van der Waals surface area contributed by atoms with Crippen LogP contribution in [0.4, 0.5) is 0 Å². The van der Waals surface area contributed by atoms with Crippen molar-refractivity contribution in [3.8, 4) is 0 Å². The van der Waals surface area contributed by atoms with E-state index in [9.17, 15) is 5.11 Å². The Morgan fingerprint density at radius 2 is 2.23 bits per heavy atom. The minimum Gasteiger partial charge on any atom is -0.393 e. The molecule has 2 rings (SSSR count). The van der Waals surface area contributed by atoms with Crippen LogP contribution in [0.1, 0.15) is 6.42 Å². The number of hydrogen-bond acceptors (Lipinski definition) is 4. The topological polar surface area (TPSA) is 52.7 Å². The van der Waals surface area contributed by atoms with Crippen molar-refractivity contribution < 1.29 is 5.11 Å². The molecule has 2 heterocycles. The fourth-order valence-electron chi connectivity index (χ4n) is 2.60. The van der Waals surface area contributed by atoms with Crippen molar-refractivity contribution in [3.05, 3.63) is 0 Å². The van der Waals surface area contributed by atoms with Gasteiger partial charge in [0.1, 0.15) is 0 Å². The van der Waals surface area contributed by atoms with Gasteiger partial charge in [0, 0.05) is 38.3 Å². The molecule has 2 fully saturated rings. The van der Waals surface area contributed by atoms with Crippen molar-refractivity contribution >= 4 is 0 Å². The fourth-order valence-corrected chi connectivity index (χ4v) is 2.60. The second kappa shape index (κ2) is 3.53. The summed E-state index contributed by atoms with van der Waals surface area (Å²) in [6.07, 6.45) is 0.800. The molecule has 2 aliphatic rings. The van der Waals surface area contributed by atoms with Gasteiger partial charge in [-0.15, -0.1) is 0 Å². The zero-order valence-corrected chi connectivity index (χ0v) is 8.19. The Balaban J connectivity index is 2.05. The van der Waals surface area contributed by atoms with Gasteiger partial charge in [-0.25, -0.2) is 0 Å². The highest BCUT2D eigenvalue weighted by Crippen LogP contribution is 2.29. The lowest BCUT2D eigenvalue weighted by Gasteiger charge is -2.37. The van der Waals surface area contributed by atoms with Crippen molar-refractivity contribution in [2.45, 2.75) is 18.6 Å². The molecule has 4 nitrogen and oxygen atoms in total. The fraction of sp³-hybridized carbons (Fsp3) is 1.00. The van der Waals surface area contributed by atoms with Crippen molar-refractivity contribution in [1.29, 1.82) is 0 Å². The van der Waals surface area contributed by atoms with Crippen molar-refractivity contribution in [2.24, 2.45) is 11.7 Å². The molecule has 2 saturated heterocycles. The van der Waals surface area contributed by atoms with Gasteiger partial charge in [-0.05, 0) is 13.5 Å². The molecule has 0 aromatic carbocycles. The summed E-state index contributed by atoms with van der Waals surface area (Å²) in [6.45, 7) is 3.62. The maximum Gasteiger partial charge on any atom is 0.0608 e. The molecular formula is C9H19N3O. The second-order valence-electron chi connectivity index (χ2n) is 4.29. The molecule has 3 N–H and O–H groups in total. The van der Waals surface area contributed by atoms with E-state index in [1.165, 1.54) is 0 Å². The average Bonchev–Trinajstić information content (AvgIpc) is 2.56. The summed E-state index contributed by atoms with van der Waals surface area (Å²) in [7, 11) is 2.14. The molecule has 13 heavy (non-hydrogen) atoms. The van der Waals surface area contributed by atoms with Crippen LogP contribution >= 0.6 is 0 Å². The van der Waals surface area contributed by atoms with Crippen LogP contribution < -0.4 is 5.73 Å². The summed E-state index contributed by atoms with van der Waals surface area (Å²) < 4.78 is 0. The molecule has 0 aliphatic carbocycles. The molecule has 0 aromatic heterocycles. The number of nitrogens with two attached hydrogens (primary N) is 1. The first-order valence-electron chi connectivity index (χ1n) is 5.03. The number of aliphatic hydroxyl groups is 1. The third-order valence-electron chi connectivity index (χ3n) is 3.50. The highest BCUT2D eigenvalue weighted by molar-refractivity contribution is 4.96. The SMILES string of the molecule is CN1CCC(O)C2CN(CN)CC21. The predicted molar refractivity (Wildman–Crippen MR) is 51.2 cm³/mol. The lowest BCUT2D eigenvalue weighted by atomic mass is 9.90. The first kappa shape index (κ1) is 9.40. The molecule has 0 bridgehead atoms. The van der Waals surface area contributed by atoms with Gasteiger partial charge in [0.15, 0.2) is 0 Å². The number of fused-ring (bicyclic) bond motifs is 1. The van der Waals surface area contributed by atoms with Crippen LogP contribution in [0.15, 0.2) is 0 Å². The molecule has 0 spiro atoms. The van der Waals surface area contributed by atoms with E-state index in [2.05, 4.69) is 16.8 Å². The molecule has 3 atom stereocenters. The van der Waals surface area contributed by atoms with Crippen LogP contribution in [0, 0.1) is 5.92 Å². The summed E-state index contributed by atoms with van der Waals surface area (Å²) in [4.78, 5) is 4.58. The number of aliphatic hydroxyl groups excluding tert-OH is 1. The lowest BCUT2D eigenvalue weighted by Crippen LogP contribution is -2.48. The van der Waals surface area contributed by atoms with Gasteiger partial charge in [-0.2, -0.15) is 0 Å². The Labute approximate surface area is 79.3 Å². The van der Waals surface area contributed by atoms with E-state index in [0.717, 1.165) is 26.1 Å². The molecule has 2 aliphatic heterocycles. The Hall–Kier alpha value is -0.160. The highest BCUT2D eigenvalue weighted by atomic mass is 16.3. The number of likely N-dealkylation sites (tertiary alicyclic amines) is 2. The molecule has 3 unspecified atom stereocenters. The Morgan fingerprint density at radius 1 is 1.46 bits per heavy atom. The van der Waals surface area contributed by atoms with Crippen molar-refractivity contribution in [1.82, 2.24) is 9.80 Å². The molecule has 0 aromatic rings. The van der Waals surface area contributed by atoms with E-state index in [1.807, 2.05) is 0 Å². The Bertz CT molecular complexity index is 170. The van der Waals surface area contributed by atoms with Crippen LogP contribution in [0.3, 0.4) is 0 Å². The number of nitrogens with zero attached hydrogens (tertiary/aromatic N) is 2. The van der Waals surface area contributed by atoms with E-state index < -0.39 is 0 Å². The smallest absolute Gasteiger partial charge is 0.0608 e. The summed E-state index contributed by atoms with van der Waals surface area (Å²) in [6, 6.07) is 0.521. The van der Waals surface area contributed by atoms with E-state index >= 15 is 0 Å². The quantitative estimate of drug-likeness (QED) is 0.544. The van der Waals surface area contributed by atoms with Crippen LogP contribution in [0.25, 0.3) is 0 Å². The molecule has 0 radical (unpaired) electrons. The van der Waals surface area contributed by atoms with Crippen molar-refractivity contribution in [2.75, 3.05) is 33.4 Å². The summed E-state index contributed by atoms with van der Waals surface area (Å²) in [5.41, 5.74) is 5.60. The maximum atomic E-state index is 9.82. The van der Waals surface area contributed by atoms with E-state index in [0.29, 0.717) is 18.6 Å². The molecular weight excluding hydrogens is 166 g/mol. The van der Waals surface area contributed by atoms with Gasteiger partial charge in [0.25, 0.3) is 0 Å². The number of likely N-dealkylation sites (N-methyl/N-ethyl adjacent to an activating group) is 1. The molecule has 0 amide bonds. The largest absolute Gasteiger partial charge is 0.393 e. The minimum absolute atomic E-state index is 0.113. The lowest BCUT2D eigenvalue weighted by molar-refractivity contribution is 0.0181. The van der Waals surface area contributed by atoms with E-state index in [-0.39, 0.29) is 6.10 Å². The van der Waals surface area contributed by atoms with Gasteiger partial charge in [0.2, 0.25) is 0 Å². The van der Waals surface area contributed by atoms with Gasteiger partial charge in [-0.1, -0.05) is 0 Å². The monoisotopic (exact) mass is 185 g/mol. The van der Waals surface area contributed by atoms with E-state index in [1.54, 1.807) is 0 Å². The summed E-state index contributed by atoms with van der Waals surface area (Å²) in [5, 5.41) is 9.82. The number of piperidine rings is 1. The Kier molecular flexibility index (Phi) is 2.55. The normalized spacial score (nSPS) is 42.2. The third kappa shape index (κ3) is 1.59. The van der Waals surface area contributed by atoms with Gasteiger partial charge in [-0.3, -0.25) is 4.90 Å². The Morgan fingerprint density at radius 3 is 2.85 bits per heavy atom. The molecule has 4 heteroatoms. The maximum absolute atomic E-state index is 9.82. The van der Waals surface area contributed by atoms with Crippen LogP contribution in [0.2, 0.25) is 0 Å². The van der Waals surface area contributed by atoms with Gasteiger partial charge in [0.05, 0.1) is 6.10 Å². The van der Waals surface area contributed by atoms with Crippen LogP contribution in [0.5, 0.6) is 0 Å². The minimum atomic E-state index is -0.113. The number of hydrogen-bond donors (Lipinski definition) is 2. The molecule has 76 valence electrons. The number of rotatable bonds is 1. The van der Waals surface area contributed by atoms with Crippen molar-refractivity contribution in [3.63, 3.8) is 0 Å². The predicted octanol–water partition coefficient (Wildman–Crippen LogP) is -1.10. The average molecular weight is 185 g/mol. The summed E-state index contributed by atoms with van der Waals surface area (Å²) >= 11 is 0. The van der Waals surface area contributed by atoms with Gasteiger partial charge >= 0.3 is 0 Å².